The van der Waals surface area contributed by atoms with E-state index in [-0.39, 0.29) is 18.9 Å². The standard InChI is InChI=1S/C11H18.Li/c1-2-3-4-5-8-11-9-6-7-10-11;/h6-7,9H,2-5,8,10H2,1H3;/q;+1. The first kappa shape index (κ1) is 12.1. The van der Waals surface area contributed by atoms with Crippen LogP contribution in [0, 0.1) is 0 Å². The van der Waals surface area contributed by atoms with Gasteiger partial charge in [0.25, 0.3) is 0 Å². The summed E-state index contributed by atoms with van der Waals surface area (Å²) in [6.07, 6.45) is 14.8. The second kappa shape index (κ2) is 7.71. The zero-order valence-electron chi connectivity index (χ0n) is 8.47. The molecule has 0 amide bonds. The van der Waals surface area contributed by atoms with Gasteiger partial charge in [-0.1, -0.05) is 50.0 Å². The van der Waals surface area contributed by atoms with E-state index in [2.05, 4.69) is 25.2 Å². The second-order valence-electron chi connectivity index (χ2n) is 3.27. The van der Waals surface area contributed by atoms with Crippen molar-refractivity contribution in [2.45, 2.75) is 45.4 Å². The maximum Gasteiger partial charge on any atom is 1.00 e. The monoisotopic (exact) mass is 157 g/mol. The van der Waals surface area contributed by atoms with E-state index in [1.165, 1.54) is 38.5 Å². The molecule has 0 saturated heterocycles. The maximum atomic E-state index is 2.27. The van der Waals surface area contributed by atoms with Crippen molar-refractivity contribution in [3.63, 3.8) is 0 Å². The van der Waals surface area contributed by atoms with Gasteiger partial charge in [0.2, 0.25) is 0 Å². The molecule has 0 bridgehead atoms. The Morgan fingerprint density at radius 3 is 2.67 bits per heavy atom. The summed E-state index contributed by atoms with van der Waals surface area (Å²) in [6, 6.07) is 0. The predicted molar refractivity (Wildman–Crippen MR) is 50.6 cm³/mol. The Balaban J connectivity index is 0.00000121. The third kappa shape index (κ3) is 4.86. The van der Waals surface area contributed by atoms with Crippen LogP contribution in [0.5, 0.6) is 0 Å². The van der Waals surface area contributed by atoms with Gasteiger partial charge < -0.3 is 0 Å². The third-order valence-corrected chi connectivity index (χ3v) is 2.20. The minimum Gasteiger partial charge on any atom is -0.0805 e. The molecular formula is C11H18Li+. The molecule has 1 aliphatic rings. The molecule has 62 valence electrons. The minimum atomic E-state index is 0. The summed E-state index contributed by atoms with van der Waals surface area (Å²) in [6.45, 7) is 2.26. The van der Waals surface area contributed by atoms with E-state index in [1.807, 2.05) is 0 Å². The van der Waals surface area contributed by atoms with Gasteiger partial charge in [-0.3, -0.25) is 0 Å². The van der Waals surface area contributed by atoms with Crippen molar-refractivity contribution in [2.75, 3.05) is 0 Å². The van der Waals surface area contributed by atoms with Crippen molar-refractivity contribution < 1.29 is 18.9 Å². The largest absolute Gasteiger partial charge is 1.00 e. The summed E-state index contributed by atoms with van der Waals surface area (Å²) in [5.41, 5.74) is 1.63. The Morgan fingerprint density at radius 1 is 1.25 bits per heavy atom. The molecule has 1 heteroatoms. The molecule has 12 heavy (non-hydrogen) atoms. The molecule has 0 nitrogen and oxygen atoms in total. The van der Waals surface area contributed by atoms with Crippen LogP contribution in [0.15, 0.2) is 23.8 Å². The van der Waals surface area contributed by atoms with Crippen LogP contribution in [0.4, 0.5) is 0 Å². The summed E-state index contributed by atoms with van der Waals surface area (Å²) in [5.74, 6) is 0. The van der Waals surface area contributed by atoms with Crippen LogP contribution in [0.1, 0.15) is 45.4 Å². The molecule has 0 N–H and O–H groups in total. The Labute approximate surface area is 88.3 Å². The van der Waals surface area contributed by atoms with Crippen molar-refractivity contribution in [1.29, 1.82) is 0 Å². The van der Waals surface area contributed by atoms with Crippen LogP contribution >= 0.6 is 0 Å². The van der Waals surface area contributed by atoms with Crippen molar-refractivity contribution in [3.05, 3.63) is 23.8 Å². The van der Waals surface area contributed by atoms with Crippen molar-refractivity contribution in [3.8, 4) is 0 Å². The van der Waals surface area contributed by atoms with E-state index in [0.29, 0.717) is 0 Å². The first-order chi connectivity index (χ1) is 5.43. The zero-order valence-corrected chi connectivity index (χ0v) is 8.47. The first-order valence-corrected chi connectivity index (χ1v) is 4.78. The molecule has 0 radical (unpaired) electrons. The van der Waals surface area contributed by atoms with Gasteiger partial charge in [0, 0.05) is 0 Å². The van der Waals surface area contributed by atoms with E-state index >= 15 is 0 Å². The Bertz CT molecular complexity index is 156. The van der Waals surface area contributed by atoms with Gasteiger partial charge in [0.05, 0.1) is 0 Å². The van der Waals surface area contributed by atoms with Crippen LogP contribution in [-0.4, -0.2) is 0 Å². The summed E-state index contributed by atoms with van der Waals surface area (Å²) in [7, 11) is 0. The fraction of sp³-hybridized carbons (Fsp3) is 0.636. The molecule has 1 aliphatic carbocycles. The Kier molecular flexibility index (Phi) is 7.76. The van der Waals surface area contributed by atoms with Gasteiger partial charge in [-0.15, -0.1) is 0 Å². The minimum absolute atomic E-state index is 0. The van der Waals surface area contributed by atoms with Crippen LogP contribution < -0.4 is 18.9 Å². The first-order valence-electron chi connectivity index (χ1n) is 4.78. The topological polar surface area (TPSA) is 0 Å². The Morgan fingerprint density at radius 2 is 2.08 bits per heavy atom. The van der Waals surface area contributed by atoms with E-state index in [9.17, 15) is 0 Å². The van der Waals surface area contributed by atoms with Crippen LogP contribution in [0.3, 0.4) is 0 Å². The van der Waals surface area contributed by atoms with E-state index in [4.69, 9.17) is 0 Å². The van der Waals surface area contributed by atoms with Crippen molar-refractivity contribution >= 4 is 0 Å². The summed E-state index contributed by atoms with van der Waals surface area (Å²) < 4.78 is 0. The fourth-order valence-electron chi connectivity index (χ4n) is 1.46. The van der Waals surface area contributed by atoms with Gasteiger partial charge in [0.15, 0.2) is 0 Å². The van der Waals surface area contributed by atoms with Crippen molar-refractivity contribution in [1.82, 2.24) is 0 Å². The SMILES string of the molecule is CCCCCCC1=CC=CC1.[Li+]. The molecular weight excluding hydrogens is 139 g/mol. The maximum absolute atomic E-state index is 2.27. The molecule has 0 fully saturated rings. The van der Waals surface area contributed by atoms with Crippen LogP contribution in [0.25, 0.3) is 0 Å². The molecule has 0 heterocycles. The quantitative estimate of drug-likeness (QED) is 0.410. The zero-order chi connectivity index (χ0) is 7.94. The average Bonchev–Trinajstić information content (AvgIpc) is 2.50. The van der Waals surface area contributed by atoms with Gasteiger partial charge in [-0.05, 0) is 19.3 Å². The summed E-state index contributed by atoms with van der Waals surface area (Å²) >= 11 is 0. The van der Waals surface area contributed by atoms with Crippen LogP contribution in [0.2, 0.25) is 0 Å². The third-order valence-electron chi connectivity index (χ3n) is 2.20. The molecule has 0 aliphatic heterocycles. The number of unbranched alkanes of at least 4 members (excludes halogenated alkanes) is 3. The molecule has 0 saturated carbocycles. The molecule has 1 rings (SSSR count). The van der Waals surface area contributed by atoms with E-state index in [1.54, 1.807) is 5.57 Å². The van der Waals surface area contributed by atoms with Gasteiger partial charge >= 0.3 is 18.9 Å². The summed E-state index contributed by atoms with van der Waals surface area (Å²) in [4.78, 5) is 0. The smallest absolute Gasteiger partial charge is 0.0805 e. The molecule has 0 aromatic rings. The van der Waals surface area contributed by atoms with Crippen molar-refractivity contribution in [2.24, 2.45) is 0 Å². The predicted octanol–water partition coefficient (Wildman–Crippen LogP) is 0.847. The Hall–Kier alpha value is 0.0774. The van der Waals surface area contributed by atoms with Gasteiger partial charge in [-0.25, -0.2) is 0 Å². The van der Waals surface area contributed by atoms with E-state index in [0.717, 1.165) is 0 Å². The van der Waals surface area contributed by atoms with Gasteiger partial charge in [0.1, 0.15) is 0 Å². The average molecular weight is 157 g/mol. The fourth-order valence-corrected chi connectivity index (χ4v) is 1.46. The van der Waals surface area contributed by atoms with Gasteiger partial charge in [-0.2, -0.15) is 0 Å². The molecule has 0 unspecified atom stereocenters. The number of hydrogen-bond acceptors (Lipinski definition) is 0. The summed E-state index contributed by atoms with van der Waals surface area (Å²) in [5, 5.41) is 0. The number of rotatable bonds is 5. The normalized spacial score (nSPS) is 14.2. The molecule has 0 aromatic carbocycles. The molecule has 0 aromatic heterocycles. The molecule has 0 atom stereocenters. The second-order valence-corrected chi connectivity index (χ2v) is 3.27. The number of hydrogen-bond donors (Lipinski definition) is 0. The number of allylic oxidation sites excluding steroid dienone is 4. The molecule has 0 spiro atoms. The van der Waals surface area contributed by atoms with Crippen LogP contribution in [-0.2, 0) is 0 Å². The van der Waals surface area contributed by atoms with E-state index < -0.39 is 0 Å².